The van der Waals surface area contributed by atoms with Gasteiger partial charge in [-0.05, 0) is 59.2 Å². The van der Waals surface area contributed by atoms with Gasteiger partial charge in [-0.1, -0.05) is 53.8 Å². The Hall–Kier alpha value is -2.51. The summed E-state index contributed by atoms with van der Waals surface area (Å²) in [7, 11) is 0. The number of nitrogens with one attached hydrogen (secondary N) is 1. The molecule has 0 fully saturated rings. The molecule has 3 rings (SSSR count). The monoisotopic (exact) mass is 449 g/mol. The van der Waals surface area contributed by atoms with E-state index in [-0.39, 0.29) is 0 Å². The zero-order chi connectivity index (χ0) is 21.3. The standard InChI is InChI=1S/C21H25Cl2N5O2/c1-3-5-9-28-21(25-26-27-28)24-13-16-11-18(23)20(19(12-16)29-4-2)30-14-15-7-6-8-17(22)10-15/h6-8,10-12H,3-5,9,13-14H2,1-2H3,(H,24,25,27). The molecule has 0 atom stereocenters. The van der Waals surface area contributed by atoms with E-state index in [0.29, 0.717) is 47.3 Å². The third kappa shape index (κ3) is 6.00. The summed E-state index contributed by atoms with van der Waals surface area (Å²) in [5.74, 6) is 1.73. The topological polar surface area (TPSA) is 74.1 Å². The Bertz CT molecular complexity index is 964. The van der Waals surface area contributed by atoms with E-state index >= 15 is 0 Å². The number of tetrazole rings is 1. The van der Waals surface area contributed by atoms with Crippen LogP contribution in [0.25, 0.3) is 0 Å². The van der Waals surface area contributed by atoms with Crippen molar-refractivity contribution in [1.29, 1.82) is 0 Å². The number of aromatic nitrogens is 4. The number of benzene rings is 2. The fourth-order valence-corrected chi connectivity index (χ4v) is 3.38. The minimum atomic E-state index is 0.337. The average molecular weight is 450 g/mol. The number of halogens is 2. The maximum atomic E-state index is 6.52. The molecular weight excluding hydrogens is 425 g/mol. The number of nitrogens with zero attached hydrogens (tertiary/aromatic N) is 4. The van der Waals surface area contributed by atoms with Gasteiger partial charge in [0, 0.05) is 18.1 Å². The molecule has 9 heteroatoms. The summed E-state index contributed by atoms with van der Waals surface area (Å²) in [6, 6.07) is 11.3. The summed E-state index contributed by atoms with van der Waals surface area (Å²) in [4.78, 5) is 0. The molecule has 0 aliphatic heterocycles. The first kappa shape index (κ1) is 22.2. The van der Waals surface area contributed by atoms with Crippen LogP contribution in [-0.2, 0) is 19.7 Å². The van der Waals surface area contributed by atoms with E-state index in [0.717, 1.165) is 30.5 Å². The number of rotatable bonds is 11. The van der Waals surface area contributed by atoms with E-state index in [1.54, 1.807) is 4.68 Å². The van der Waals surface area contributed by atoms with Gasteiger partial charge in [0.1, 0.15) is 6.61 Å². The van der Waals surface area contributed by atoms with Crippen molar-refractivity contribution in [2.75, 3.05) is 11.9 Å². The highest BCUT2D eigenvalue weighted by Gasteiger charge is 2.14. The van der Waals surface area contributed by atoms with E-state index < -0.39 is 0 Å². The van der Waals surface area contributed by atoms with Gasteiger partial charge < -0.3 is 14.8 Å². The molecule has 3 aromatic rings. The smallest absolute Gasteiger partial charge is 0.243 e. The Kier molecular flexibility index (Phi) is 8.16. The quantitative estimate of drug-likeness (QED) is 0.424. The lowest BCUT2D eigenvalue weighted by Gasteiger charge is -2.16. The van der Waals surface area contributed by atoms with Crippen molar-refractivity contribution >= 4 is 29.2 Å². The van der Waals surface area contributed by atoms with E-state index in [2.05, 4.69) is 27.8 Å². The van der Waals surface area contributed by atoms with E-state index in [9.17, 15) is 0 Å². The molecule has 1 N–H and O–H groups in total. The van der Waals surface area contributed by atoms with Crippen molar-refractivity contribution in [2.24, 2.45) is 0 Å². The van der Waals surface area contributed by atoms with Crippen LogP contribution in [0.15, 0.2) is 36.4 Å². The Morgan fingerprint density at radius 2 is 1.93 bits per heavy atom. The van der Waals surface area contributed by atoms with Crippen molar-refractivity contribution < 1.29 is 9.47 Å². The summed E-state index contributed by atoms with van der Waals surface area (Å²) in [6.45, 7) is 6.15. The molecule has 0 bridgehead atoms. The average Bonchev–Trinajstić information content (AvgIpc) is 3.17. The summed E-state index contributed by atoms with van der Waals surface area (Å²) < 4.78 is 13.5. The maximum Gasteiger partial charge on any atom is 0.243 e. The molecule has 0 spiro atoms. The van der Waals surface area contributed by atoms with Crippen LogP contribution in [0.1, 0.15) is 37.8 Å². The van der Waals surface area contributed by atoms with Crippen molar-refractivity contribution in [1.82, 2.24) is 20.2 Å². The third-order valence-corrected chi connectivity index (χ3v) is 4.86. The highest BCUT2D eigenvalue weighted by atomic mass is 35.5. The van der Waals surface area contributed by atoms with Crippen LogP contribution in [0.2, 0.25) is 10.0 Å². The number of hydrogen-bond donors (Lipinski definition) is 1. The normalized spacial score (nSPS) is 10.8. The Morgan fingerprint density at radius 1 is 1.07 bits per heavy atom. The Labute approximate surface area is 186 Å². The lowest BCUT2D eigenvalue weighted by molar-refractivity contribution is 0.269. The molecule has 0 amide bonds. The third-order valence-electron chi connectivity index (χ3n) is 4.35. The first-order valence-electron chi connectivity index (χ1n) is 9.93. The zero-order valence-corrected chi connectivity index (χ0v) is 18.6. The minimum Gasteiger partial charge on any atom is -0.490 e. The van der Waals surface area contributed by atoms with E-state index in [4.69, 9.17) is 32.7 Å². The molecule has 0 aliphatic carbocycles. The second-order valence-corrected chi connectivity index (χ2v) is 7.53. The number of anilines is 1. The second-order valence-electron chi connectivity index (χ2n) is 6.69. The number of unbranched alkanes of at least 4 members (excludes halogenated alkanes) is 1. The molecule has 160 valence electrons. The van der Waals surface area contributed by atoms with E-state index in [1.165, 1.54) is 0 Å². The van der Waals surface area contributed by atoms with Gasteiger partial charge in [-0.25, -0.2) is 4.68 Å². The fourth-order valence-electron chi connectivity index (χ4n) is 2.88. The lowest BCUT2D eigenvalue weighted by Crippen LogP contribution is -2.09. The number of ether oxygens (including phenoxy) is 2. The van der Waals surface area contributed by atoms with Crippen molar-refractivity contribution in [3.8, 4) is 11.5 Å². The largest absolute Gasteiger partial charge is 0.490 e. The van der Waals surface area contributed by atoms with Gasteiger partial charge in [-0.2, -0.15) is 0 Å². The van der Waals surface area contributed by atoms with Gasteiger partial charge in [-0.15, -0.1) is 0 Å². The van der Waals surface area contributed by atoms with Crippen molar-refractivity contribution in [3.63, 3.8) is 0 Å². The molecule has 0 unspecified atom stereocenters. The first-order valence-corrected chi connectivity index (χ1v) is 10.7. The molecule has 1 aromatic heterocycles. The molecule has 0 radical (unpaired) electrons. The van der Waals surface area contributed by atoms with E-state index in [1.807, 2.05) is 43.3 Å². The molecule has 7 nitrogen and oxygen atoms in total. The summed E-state index contributed by atoms with van der Waals surface area (Å²) in [5, 5.41) is 16.2. The van der Waals surface area contributed by atoms with Crippen LogP contribution in [0.4, 0.5) is 5.95 Å². The highest BCUT2D eigenvalue weighted by Crippen LogP contribution is 2.37. The zero-order valence-electron chi connectivity index (χ0n) is 17.1. The SMILES string of the molecule is CCCCn1nnnc1NCc1cc(Cl)c(OCc2cccc(Cl)c2)c(OCC)c1. The number of hydrogen-bond acceptors (Lipinski definition) is 6. The second kappa shape index (κ2) is 11.0. The predicted octanol–water partition coefficient (Wildman–Crippen LogP) is 5.37. The molecule has 1 heterocycles. The van der Waals surface area contributed by atoms with Gasteiger partial charge in [-0.3, -0.25) is 0 Å². The van der Waals surface area contributed by atoms with Gasteiger partial charge in [0.05, 0.1) is 11.6 Å². The predicted molar refractivity (Wildman–Crippen MR) is 118 cm³/mol. The van der Waals surface area contributed by atoms with Crippen LogP contribution < -0.4 is 14.8 Å². The fraction of sp³-hybridized carbons (Fsp3) is 0.381. The summed E-state index contributed by atoms with van der Waals surface area (Å²) in [5.41, 5.74) is 1.88. The van der Waals surface area contributed by atoms with Gasteiger partial charge >= 0.3 is 0 Å². The van der Waals surface area contributed by atoms with Gasteiger partial charge in [0.2, 0.25) is 5.95 Å². The van der Waals surface area contributed by atoms with Crippen LogP contribution in [0.3, 0.4) is 0 Å². The van der Waals surface area contributed by atoms with Crippen molar-refractivity contribution in [2.45, 2.75) is 46.4 Å². The van der Waals surface area contributed by atoms with Crippen LogP contribution in [-0.4, -0.2) is 26.8 Å². The molecule has 0 aliphatic rings. The minimum absolute atomic E-state index is 0.337. The molecule has 30 heavy (non-hydrogen) atoms. The van der Waals surface area contributed by atoms with Gasteiger partial charge in [0.15, 0.2) is 11.5 Å². The van der Waals surface area contributed by atoms with Gasteiger partial charge in [0.25, 0.3) is 0 Å². The van der Waals surface area contributed by atoms with Crippen molar-refractivity contribution in [3.05, 3.63) is 57.6 Å². The highest BCUT2D eigenvalue weighted by molar-refractivity contribution is 6.32. The summed E-state index contributed by atoms with van der Waals surface area (Å²) >= 11 is 12.6. The molecule has 0 saturated heterocycles. The Morgan fingerprint density at radius 3 is 2.70 bits per heavy atom. The van der Waals surface area contributed by atoms with Crippen LogP contribution in [0.5, 0.6) is 11.5 Å². The van der Waals surface area contributed by atoms with Crippen LogP contribution >= 0.6 is 23.2 Å². The maximum absolute atomic E-state index is 6.52. The summed E-state index contributed by atoms with van der Waals surface area (Å²) in [6.07, 6.45) is 2.09. The molecule has 2 aromatic carbocycles. The van der Waals surface area contributed by atoms with Crippen LogP contribution in [0, 0.1) is 0 Å². The number of aryl methyl sites for hydroxylation is 1. The Balaban J connectivity index is 1.71. The lowest BCUT2D eigenvalue weighted by atomic mass is 10.2. The first-order chi connectivity index (χ1) is 14.6. The molecular formula is C21H25Cl2N5O2. The molecule has 0 saturated carbocycles.